The number of benzene rings is 4. The Morgan fingerprint density at radius 3 is 1.81 bits per heavy atom. The van der Waals surface area contributed by atoms with Crippen LogP contribution in [0.25, 0.3) is 0 Å². The molecule has 0 aliphatic rings. The van der Waals surface area contributed by atoms with Crippen molar-refractivity contribution < 1.29 is 13.9 Å². The van der Waals surface area contributed by atoms with Gasteiger partial charge in [0.1, 0.15) is 5.75 Å². The number of nitrogens with zero attached hydrogens (tertiary/aromatic N) is 1. The summed E-state index contributed by atoms with van der Waals surface area (Å²) in [5, 5.41) is 5.25. The molecule has 4 aromatic carbocycles. The molecule has 1 amide bonds. The molecule has 0 aliphatic heterocycles. The summed E-state index contributed by atoms with van der Waals surface area (Å²) in [6, 6.07) is 34.2. The first-order valence-corrected chi connectivity index (χ1v) is 11.7. The molecule has 4 aromatic rings. The third kappa shape index (κ3) is 4.85. The molecule has 0 saturated heterocycles. The second-order valence-electron chi connectivity index (χ2n) is 6.92. The van der Waals surface area contributed by atoms with E-state index >= 15 is 0 Å². The van der Waals surface area contributed by atoms with E-state index in [0.29, 0.717) is 27.5 Å². The molecule has 0 radical (unpaired) electrons. The number of para-hydroxylation sites is 1. The summed E-state index contributed by atoms with van der Waals surface area (Å²) in [5.41, 5.74) is 3.60. The van der Waals surface area contributed by atoms with Crippen molar-refractivity contribution in [3.05, 3.63) is 126 Å². The van der Waals surface area contributed by atoms with Crippen molar-refractivity contribution in [1.82, 2.24) is 5.43 Å². The third-order valence-corrected chi connectivity index (χ3v) is 7.15. The molecule has 4 rings (SSSR count). The zero-order valence-electron chi connectivity index (χ0n) is 17.2. The molecule has 158 valence electrons. The Hall–Kier alpha value is -3.95. The molecule has 0 unspecified atom stereocenters. The van der Waals surface area contributed by atoms with Crippen LogP contribution in [0.3, 0.4) is 0 Å². The van der Waals surface area contributed by atoms with Gasteiger partial charge in [0.15, 0.2) is 0 Å². The van der Waals surface area contributed by atoms with E-state index in [1.54, 1.807) is 66.7 Å². The van der Waals surface area contributed by atoms with E-state index in [1.807, 2.05) is 48.5 Å². The first-order valence-electron chi connectivity index (χ1n) is 10.1. The lowest BCUT2D eigenvalue weighted by Crippen LogP contribution is -2.20. The quantitative estimate of drug-likeness (QED) is 0.256. The lowest BCUT2D eigenvalue weighted by atomic mass is 10.2. The monoisotopic (exact) mass is 440 g/mol. The summed E-state index contributed by atoms with van der Waals surface area (Å²) >= 11 is 0. The van der Waals surface area contributed by atoms with E-state index in [4.69, 9.17) is 4.52 Å². The molecule has 0 heterocycles. The summed E-state index contributed by atoms with van der Waals surface area (Å²) in [4.78, 5) is 12.2. The molecule has 0 fully saturated rings. The van der Waals surface area contributed by atoms with E-state index in [-0.39, 0.29) is 5.91 Å². The van der Waals surface area contributed by atoms with Gasteiger partial charge in [-0.2, -0.15) is 5.10 Å². The van der Waals surface area contributed by atoms with Gasteiger partial charge in [-0.1, -0.05) is 66.7 Å². The van der Waals surface area contributed by atoms with Crippen molar-refractivity contribution in [2.45, 2.75) is 0 Å². The van der Waals surface area contributed by atoms with Crippen LogP contribution >= 0.6 is 7.37 Å². The predicted molar refractivity (Wildman–Crippen MR) is 128 cm³/mol. The largest absolute Gasteiger partial charge is 0.436 e. The Morgan fingerprint density at radius 2 is 1.22 bits per heavy atom. The fourth-order valence-corrected chi connectivity index (χ4v) is 5.21. The molecule has 0 saturated carbocycles. The van der Waals surface area contributed by atoms with Crippen LogP contribution in [0, 0.1) is 0 Å². The maximum Gasteiger partial charge on any atom is 0.306 e. The number of amides is 1. The van der Waals surface area contributed by atoms with Crippen molar-refractivity contribution in [2.24, 2.45) is 5.10 Å². The molecule has 5 nitrogen and oxygen atoms in total. The first kappa shape index (κ1) is 21.3. The Kier molecular flexibility index (Phi) is 6.59. The smallest absolute Gasteiger partial charge is 0.306 e. The van der Waals surface area contributed by atoms with Gasteiger partial charge >= 0.3 is 7.37 Å². The van der Waals surface area contributed by atoms with Crippen molar-refractivity contribution in [2.75, 3.05) is 0 Å². The molecule has 0 spiro atoms. The van der Waals surface area contributed by atoms with Crippen molar-refractivity contribution in [1.29, 1.82) is 0 Å². The highest BCUT2D eigenvalue weighted by Crippen LogP contribution is 2.45. The number of rotatable bonds is 7. The van der Waals surface area contributed by atoms with E-state index < -0.39 is 7.37 Å². The summed E-state index contributed by atoms with van der Waals surface area (Å²) in [7, 11) is -3.42. The molecule has 0 aromatic heterocycles. The van der Waals surface area contributed by atoms with Crippen LogP contribution in [0.1, 0.15) is 15.9 Å². The van der Waals surface area contributed by atoms with Gasteiger partial charge in [0.05, 0.1) is 16.8 Å². The number of carbonyl (C=O) groups excluding carboxylic acids is 1. The highest BCUT2D eigenvalue weighted by atomic mass is 31.2. The van der Waals surface area contributed by atoms with Gasteiger partial charge in [0.2, 0.25) is 0 Å². The topological polar surface area (TPSA) is 67.8 Å². The van der Waals surface area contributed by atoms with Gasteiger partial charge in [-0.25, -0.2) is 5.43 Å². The highest BCUT2D eigenvalue weighted by molar-refractivity contribution is 7.74. The second kappa shape index (κ2) is 9.90. The minimum atomic E-state index is -3.42. The highest BCUT2D eigenvalue weighted by Gasteiger charge is 2.30. The maximum absolute atomic E-state index is 14.2. The molecule has 32 heavy (non-hydrogen) atoms. The fourth-order valence-electron chi connectivity index (χ4n) is 3.13. The number of carbonyl (C=O) groups is 1. The van der Waals surface area contributed by atoms with Crippen LogP contribution in [-0.2, 0) is 4.57 Å². The third-order valence-electron chi connectivity index (χ3n) is 4.74. The van der Waals surface area contributed by atoms with Crippen LogP contribution in [0.2, 0.25) is 0 Å². The minimum absolute atomic E-state index is 0.320. The van der Waals surface area contributed by atoms with E-state index in [0.717, 1.165) is 0 Å². The van der Waals surface area contributed by atoms with E-state index in [1.165, 1.54) is 6.21 Å². The molecule has 0 bridgehead atoms. The van der Waals surface area contributed by atoms with Gasteiger partial charge in [-0.15, -0.1) is 0 Å². The molecule has 1 N–H and O–H groups in total. The summed E-state index contributed by atoms with van der Waals surface area (Å²) in [6.07, 6.45) is 1.48. The van der Waals surface area contributed by atoms with E-state index in [2.05, 4.69) is 10.5 Å². The van der Waals surface area contributed by atoms with Crippen molar-refractivity contribution in [3.63, 3.8) is 0 Å². The lowest BCUT2D eigenvalue weighted by Gasteiger charge is -2.21. The Morgan fingerprint density at radius 1 is 0.719 bits per heavy atom. The Bertz CT molecular complexity index is 1220. The number of hydrazone groups is 1. The van der Waals surface area contributed by atoms with Crippen LogP contribution < -0.4 is 20.6 Å². The normalized spacial score (nSPS) is 11.2. The standard InChI is InChI=1S/C26H21N2O3P/c29-26(21-12-4-1-5-13-21)28-27-20-22-14-10-11-19-25(22)31-32(30,23-15-6-2-7-16-23)24-17-8-3-9-18-24/h1-20H,(H,28,29). The second-order valence-corrected chi connectivity index (χ2v) is 9.24. The Labute approximate surface area is 186 Å². The van der Waals surface area contributed by atoms with Gasteiger partial charge < -0.3 is 4.52 Å². The fraction of sp³-hybridized carbons (Fsp3) is 0. The predicted octanol–water partition coefficient (Wildman–Crippen LogP) is 4.76. The average Bonchev–Trinajstić information content (AvgIpc) is 2.86. The van der Waals surface area contributed by atoms with Gasteiger partial charge in [0.25, 0.3) is 5.91 Å². The number of nitrogens with one attached hydrogen (secondary N) is 1. The van der Waals surface area contributed by atoms with Crippen LogP contribution in [0.5, 0.6) is 5.75 Å². The summed E-state index contributed by atoms with van der Waals surface area (Å²) < 4.78 is 20.4. The summed E-state index contributed by atoms with van der Waals surface area (Å²) in [6.45, 7) is 0. The minimum Gasteiger partial charge on any atom is -0.436 e. The van der Waals surface area contributed by atoms with Gasteiger partial charge in [-0.05, 0) is 48.5 Å². The maximum atomic E-state index is 14.2. The first-order chi connectivity index (χ1) is 15.7. The van der Waals surface area contributed by atoms with Crippen LogP contribution in [-0.4, -0.2) is 12.1 Å². The molecule has 0 atom stereocenters. The molecule has 0 aliphatic carbocycles. The zero-order chi connectivity index (χ0) is 22.2. The van der Waals surface area contributed by atoms with Crippen molar-refractivity contribution >= 4 is 30.1 Å². The van der Waals surface area contributed by atoms with Crippen LogP contribution in [0.4, 0.5) is 0 Å². The Balaban J connectivity index is 1.62. The number of hydrogen-bond acceptors (Lipinski definition) is 4. The average molecular weight is 440 g/mol. The summed E-state index contributed by atoms with van der Waals surface area (Å²) in [5.74, 6) is 0.0840. The lowest BCUT2D eigenvalue weighted by molar-refractivity contribution is 0.0955. The van der Waals surface area contributed by atoms with Gasteiger partial charge in [0, 0.05) is 11.1 Å². The number of hydrogen-bond donors (Lipinski definition) is 1. The zero-order valence-corrected chi connectivity index (χ0v) is 18.1. The molecule has 6 heteroatoms. The SMILES string of the molecule is O=C(NN=Cc1ccccc1OP(=O)(c1ccccc1)c1ccccc1)c1ccccc1. The molecular weight excluding hydrogens is 419 g/mol. The molecular formula is C26H21N2O3P. The van der Waals surface area contributed by atoms with Crippen LogP contribution in [0.15, 0.2) is 120 Å². The van der Waals surface area contributed by atoms with Crippen molar-refractivity contribution in [3.8, 4) is 5.75 Å². The van der Waals surface area contributed by atoms with E-state index in [9.17, 15) is 9.36 Å². The van der Waals surface area contributed by atoms with Gasteiger partial charge in [-0.3, -0.25) is 9.36 Å².